The first-order valence-corrected chi connectivity index (χ1v) is 6.70. The molecule has 2 rings (SSSR count). The van der Waals surface area contributed by atoms with Crippen molar-refractivity contribution in [1.82, 2.24) is 9.97 Å². The van der Waals surface area contributed by atoms with Crippen molar-refractivity contribution in [3.05, 3.63) is 39.1 Å². The summed E-state index contributed by atoms with van der Waals surface area (Å²) >= 11 is 12.6. The predicted octanol–water partition coefficient (Wildman–Crippen LogP) is 3.30. The number of Topliss-reactive ketones (excluding diaryl/α,β-unsaturated/α-hetero) is 1. The number of amides is 1. The van der Waals surface area contributed by atoms with E-state index in [4.69, 9.17) is 23.2 Å². The van der Waals surface area contributed by atoms with Gasteiger partial charge in [0.1, 0.15) is 10.8 Å². The fraction of sp³-hybridized carbons (Fsp3) is 0.0909. The van der Waals surface area contributed by atoms with E-state index in [1.165, 1.54) is 19.2 Å². The molecule has 0 saturated carbocycles. The standard InChI is InChI=1S/C11H7Cl2N3O2S/c1-5(17)8-4-19-11(15-8)16-10(18)6-2-7(12)9(13)14-3-6/h2-4H,1H3,(H,15,16,18). The molecule has 2 heterocycles. The van der Waals surface area contributed by atoms with Crippen LogP contribution in [0, 0.1) is 0 Å². The van der Waals surface area contributed by atoms with Crippen molar-refractivity contribution in [3.8, 4) is 0 Å². The minimum atomic E-state index is -0.421. The number of rotatable bonds is 3. The molecule has 0 aliphatic rings. The second-order valence-electron chi connectivity index (χ2n) is 3.54. The number of pyridine rings is 1. The van der Waals surface area contributed by atoms with Gasteiger partial charge in [-0.3, -0.25) is 14.9 Å². The van der Waals surface area contributed by atoms with Crippen LogP contribution in [0.25, 0.3) is 0 Å². The third kappa shape index (κ3) is 3.28. The van der Waals surface area contributed by atoms with Crippen molar-refractivity contribution in [2.75, 3.05) is 5.32 Å². The smallest absolute Gasteiger partial charge is 0.259 e. The molecule has 0 radical (unpaired) electrons. The van der Waals surface area contributed by atoms with Gasteiger partial charge in [0, 0.05) is 18.5 Å². The molecule has 0 saturated heterocycles. The number of anilines is 1. The van der Waals surface area contributed by atoms with Gasteiger partial charge >= 0.3 is 0 Å². The summed E-state index contributed by atoms with van der Waals surface area (Å²) in [4.78, 5) is 30.7. The van der Waals surface area contributed by atoms with Crippen LogP contribution in [0.2, 0.25) is 10.2 Å². The zero-order valence-corrected chi connectivity index (χ0v) is 11.9. The zero-order valence-electron chi connectivity index (χ0n) is 9.61. The molecule has 0 bridgehead atoms. The Bertz CT molecular complexity index is 657. The number of hydrogen-bond donors (Lipinski definition) is 1. The molecule has 0 atom stereocenters. The Morgan fingerprint density at radius 1 is 1.37 bits per heavy atom. The van der Waals surface area contributed by atoms with Crippen LogP contribution in [0.15, 0.2) is 17.6 Å². The monoisotopic (exact) mass is 315 g/mol. The van der Waals surface area contributed by atoms with Crippen molar-refractivity contribution >= 4 is 51.4 Å². The maximum absolute atomic E-state index is 11.9. The van der Waals surface area contributed by atoms with E-state index in [1.807, 2.05) is 0 Å². The van der Waals surface area contributed by atoms with E-state index in [1.54, 1.807) is 5.38 Å². The molecule has 1 N–H and O–H groups in total. The van der Waals surface area contributed by atoms with Crippen LogP contribution >= 0.6 is 34.5 Å². The van der Waals surface area contributed by atoms with Crippen molar-refractivity contribution in [1.29, 1.82) is 0 Å². The molecule has 19 heavy (non-hydrogen) atoms. The molecule has 0 spiro atoms. The first kappa shape index (κ1) is 13.9. The molecule has 2 aromatic rings. The number of thiazole rings is 1. The van der Waals surface area contributed by atoms with Gasteiger partial charge in [-0.2, -0.15) is 0 Å². The average Bonchev–Trinajstić information content (AvgIpc) is 2.81. The van der Waals surface area contributed by atoms with Crippen molar-refractivity contribution in [3.63, 3.8) is 0 Å². The Balaban J connectivity index is 2.15. The quantitative estimate of drug-likeness (QED) is 0.696. The Hall–Kier alpha value is -1.50. The highest BCUT2D eigenvalue weighted by Crippen LogP contribution is 2.21. The maximum atomic E-state index is 11.9. The van der Waals surface area contributed by atoms with Crippen molar-refractivity contribution in [2.45, 2.75) is 6.92 Å². The van der Waals surface area contributed by atoms with Gasteiger partial charge in [0.2, 0.25) is 0 Å². The van der Waals surface area contributed by atoms with Gasteiger partial charge in [0.05, 0.1) is 10.6 Å². The SMILES string of the molecule is CC(=O)c1csc(NC(=O)c2cnc(Cl)c(Cl)c2)n1. The highest BCUT2D eigenvalue weighted by Gasteiger charge is 2.12. The summed E-state index contributed by atoms with van der Waals surface area (Å²) in [6, 6.07) is 1.41. The molecular weight excluding hydrogens is 309 g/mol. The van der Waals surface area contributed by atoms with Gasteiger partial charge in [0.25, 0.3) is 5.91 Å². The molecule has 2 aromatic heterocycles. The van der Waals surface area contributed by atoms with Crippen LogP contribution in [0.5, 0.6) is 0 Å². The fourth-order valence-electron chi connectivity index (χ4n) is 1.21. The van der Waals surface area contributed by atoms with E-state index < -0.39 is 5.91 Å². The van der Waals surface area contributed by atoms with Gasteiger partial charge in [-0.25, -0.2) is 9.97 Å². The largest absolute Gasteiger partial charge is 0.298 e. The minimum Gasteiger partial charge on any atom is -0.298 e. The van der Waals surface area contributed by atoms with E-state index >= 15 is 0 Å². The van der Waals surface area contributed by atoms with Crippen LogP contribution in [0.4, 0.5) is 5.13 Å². The summed E-state index contributed by atoms with van der Waals surface area (Å²) in [6.45, 7) is 1.41. The highest BCUT2D eigenvalue weighted by molar-refractivity contribution is 7.14. The minimum absolute atomic E-state index is 0.131. The molecule has 98 valence electrons. The van der Waals surface area contributed by atoms with Crippen LogP contribution in [0.3, 0.4) is 0 Å². The Kier molecular flexibility index (Phi) is 4.14. The first-order valence-electron chi connectivity index (χ1n) is 5.06. The number of aromatic nitrogens is 2. The lowest BCUT2D eigenvalue weighted by molar-refractivity contribution is 0.100. The zero-order chi connectivity index (χ0) is 14.0. The van der Waals surface area contributed by atoms with Crippen LogP contribution in [-0.2, 0) is 0 Å². The Labute approximate surface area is 122 Å². The number of ketones is 1. The third-order valence-electron chi connectivity index (χ3n) is 2.14. The summed E-state index contributed by atoms with van der Waals surface area (Å²) in [7, 11) is 0. The van der Waals surface area contributed by atoms with Gasteiger partial charge in [-0.15, -0.1) is 11.3 Å². The van der Waals surface area contributed by atoms with Gasteiger partial charge < -0.3 is 0 Å². The number of hydrogen-bond acceptors (Lipinski definition) is 5. The molecule has 5 nitrogen and oxygen atoms in total. The number of nitrogens with one attached hydrogen (secondary N) is 1. The van der Waals surface area contributed by atoms with Gasteiger partial charge in [0.15, 0.2) is 10.9 Å². The summed E-state index contributed by atoms with van der Waals surface area (Å²) in [5.74, 6) is -0.580. The molecule has 0 aromatic carbocycles. The summed E-state index contributed by atoms with van der Waals surface area (Å²) in [6.07, 6.45) is 1.31. The maximum Gasteiger partial charge on any atom is 0.259 e. The second kappa shape index (κ2) is 5.64. The first-order chi connectivity index (χ1) is 8.97. The number of nitrogens with zero attached hydrogens (tertiary/aromatic N) is 2. The number of halogens is 2. The number of carbonyl (C=O) groups is 2. The number of carbonyl (C=O) groups excluding carboxylic acids is 2. The lowest BCUT2D eigenvalue weighted by atomic mass is 10.3. The highest BCUT2D eigenvalue weighted by atomic mass is 35.5. The Morgan fingerprint density at radius 2 is 2.11 bits per heavy atom. The molecule has 0 fully saturated rings. The summed E-state index contributed by atoms with van der Waals surface area (Å²) in [5.41, 5.74) is 0.571. The van der Waals surface area contributed by atoms with Crippen LogP contribution < -0.4 is 5.32 Å². The molecular formula is C11H7Cl2N3O2S. The molecule has 1 amide bonds. The van der Waals surface area contributed by atoms with Crippen molar-refractivity contribution < 1.29 is 9.59 Å². The Morgan fingerprint density at radius 3 is 2.68 bits per heavy atom. The summed E-state index contributed by atoms with van der Waals surface area (Å²) < 4.78 is 0. The van der Waals surface area contributed by atoms with Crippen LogP contribution in [-0.4, -0.2) is 21.7 Å². The van der Waals surface area contributed by atoms with E-state index in [9.17, 15) is 9.59 Å². The van der Waals surface area contributed by atoms with E-state index in [-0.39, 0.29) is 21.5 Å². The molecule has 0 aliphatic carbocycles. The van der Waals surface area contributed by atoms with Gasteiger partial charge in [-0.05, 0) is 6.07 Å². The lowest BCUT2D eigenvalue weighted by Crippen LogP contribution is -2.12. The third-order valence-corrected chi connectivity index (χ3v) is 3.59. The molecule has 0 aliphatic heterocycles. The summed E-state index contributed by atoms with van der Waals surface area (Å²) in [5, 5.41) is 4.79. The van der Waals surface area contributed by atoms with E-state index in [0.717, 1.165) is 11.3 Å². The molecule has 0 unspecified atom stereocenters. The van der Waals surface area contributed by atoms with E-state index in [0.29, 0.717) is 10.8 Å². The van der Waals surface area contributed by atoms with Gasteiger partial charge in [-0.1, -0.05) is 23.2 Å². The lowest BCUT2D eigenvalue weighted by Gasteiger charge is -2.02. The van der Waals surface area contributed by atoms with Crippen LogP contribution in [0.1, 0.15) is 27.8 Å². The van der Waals surface area contributed by atoms with Crippen molar-refractivity contribution in [2.24, 2.45) is 0 Å². The van der Waals surface area contributed by atoms with E-state index in [2.05, 4.69) is 15.3 Å². The predicted molar refractivity (Wildman–Crippen MR) is 74.3 cm³/mol. The average molecular weight is 316 g/mol. The molecule has 8 heteroatoms. The second-order valence-corrected chi connectivity index (χ2v) is 5.17. The topological polar surface area (TPSA) is 72.0 Å². The fourth-order valence-corrected chi connectivity index (χ4v) is 2.22. The normalized spacial score (nSPS) is 10.3.